The topological polar surface area (TPSA) is 72.2 Å². The predicted molar refractivity (Wildman–Crippen MR) is 92.4 cm³/mol. The number of sulfone groups is 1. The normalized spacial score (nSPS) is 11.3. The molecule has 0 aliphatic rings. The number of nitrogens with one attached hydrogen (secondary N) is 1. The zero-order valence-electron chi connectivity index (χ0n) is 13.4. The first-order chi connectivity index (χ1) is 12.4. The van der Waals surface area contributed by atoms with E-state index >= 15 is 0 Å². The van der Waals surface area contributed by atoms with Crippen molar-refractivity contribution in [3.8, 4) is 11.5 Å². The fourth-order valence-corrected chi connectivity index (χ4v) is 3.48. The number of aromatic nitrogens is 1. The van der Waals surface area contributed by atoms with Crippen molar-refractivity contribution in [1.29, 1.82) is 0 Å². The van der Waals surface area contributed by atoms with Crippen LogP contribution in [0.4, 0.5) is 14.7 Å². The Morgan fingerprint density at radius 2 is 1.62 bits per heavy atom. The Kier molecular flexibility index (Phi) is 4.85. The van der Waals surface area contributed by atoms with Gasteiger partial charge in [-0.15, -0.1) is 6.58 Å². The smallest absolute Gasteiger partial charge is 0.234 e. The number of oxazole rings is 1. The lowest BCUT2D eigenvalue weighted by molar-refractivity contribution is 0.578. The van der Waals surface area contributed by atoms with Crippen LogP contribution < -0.4 is 5.32 Å². The number of nitrogens with zero attached hydrogens (tertiary/aromatic N) is 1. The zero-order chi connectivity index (χ0) is 18.7. The van der Waals surface area contributed by atoms with Gasteiger partial charge >= 0.3 is 0 Å². The summed E-state index contributed by atoms with van der Waals surface area (Å²) in [5.74, 6) is -1.06. The molecule has 0 atom stereocenters. The molecule has 1 N–H and O–H groups in total. The maximum atomic E-state index is 13.1. The SMILES string of the molecule is C=CCNc1oc(-c2ccc(F)cc2)nc1S(=O)(=O)c1ccc(F)cc1. The third kappa shape index (κ3) is 3.50. The van der Waals surface area contributed by atoms with Crippen LogP contribution >= 0.6 is 0 Å². The van der Waals surface area contributed by atoms with Gasteiger partial charge in [-0.2, -0.15) is 4.98 Å². The molecule has 0 unspecified atom stereocenters. The molecule has 5 nitrogen and oxygen atoms in total. The summed E-state index contributed by atoms with van der Waals surface area (Å²) in [5.41, 5.74) is 0.411. The second-order valence-corrected chi connectivity index (χ2v) is 7.15. The molecule has 0 fully saturated rings. The molecule has 1 heterocycles. The first-order valence-corrected chi connectivity index (χ1v) is 9.02. The minimum absolute atomic E-state index is 0.0113. The molecule has 0 aliphatic heterocycles. The quantitative estimate of drug-likeness (QED) is 0.519. The van der Waals surface area contributed by atoms with Crippen molar-refractivity contribution in [1.82, 2.24) is 4.98 Å². The lowest BCUT2D eigenvalue weighted by Gasteiger charge is -2.04. The van der Waals surface area contributed by atoms with E-state index < -0.39 is 21.5 Å². The van der Waals surface area contributed by atoms with Gasteiger partial charge in [-0.05, 0) is 48.5 Å². The van der Waals surface area contributed by atoms with Gasteiger partial charge in [0.05, 0.1) is 4.90 Å². The lowest BCUT2D eigenvalue weighted by atomic mass is 10.2. The van der Waals surface area contributed by atoms with Gasteiger partial charge in [0.15, 0.2) is 0 Å². The summed E-state index contributed by atoms with van der Waals surface area (Å²) in [4.78, 5) is 3.94. The molecule has 2 aromatic carbocycles. The molecule has 0 amide bonds. The molecular formula is C18H14F2N2O3S. The minimum Gasteiger partial charge on any atom is -0.419 e. The van der Waals surface area contributed by atoms with Gasteiger partial charge in [-0.25, -0.2) is 17.2 Å². The van der Waals surface area contributed by atoms with Crippen molar-refractivity contribution in [3.05, 3.63) is 72.8 Å². The lowest BCUT2D eigenvalue weighted by Crippen LogP contribution is -2.07. The fourth-order valence-electron chi connectivity index (χ4n) is 2.21. The highest BCUT2D eigenvalue weighted by Crippen LogP contribution is 2.32. The van der Waals surface area contributed by atoms with Gasteiger partial charge in [0.25, 0.3) is 0 Å². The van der Waals surface area contributed by atoms with Crippen molar-refractivity contribution in [2.45, 2.75) is 9.92 Å². The Bertz CT molecular complexity index is 1030. The summed E-state index contributed by atoms with van der Waals surface area (Å²) in [6.07, 6.45) is 1.52. The van der Waals surface area contributed by atoms with E-state index in [0.29, 0.717) is 5.56 Å². The molecule has 0 radical (unpaired) electrons. The first kappa shape index (κ1) is 17.8. The van der Waals surface area contributed by atoms with Crippen LogP contribution in [-0.4, -0.2) is 19.9 Å². The van der Waals surface area contributed by atoms with E-state index in [1.165, 1.54) is 30.3 Å². The molecule has 26 heavy (non-hydrogen) atoms. The Labute approximate surface area is 148 Å². The van der Waals surface area contributed by atoms with Crippen LogP contribution in [0.5, 0.6) is 0 Å². The molecule has 3 aromatic rings. The number of rotatable bonds is 6. The van der Waals surface area contributed by atoms with E-state index in [1.54, 1.807) is 0 Å². The Hall–Kier alpha value is -3.00. The summed E-state index contributed by atoms with van der Waals surface area (Å²) >= 11 is 0. The zero-order valence-corrected chi connectivity index (χ0v) is 14.3. The van der Waals surface area contributed by atoms with Crippen LogP contribution in [0, 0.1) is 11.6 Å². The highest BCUT2D eigenvalue weighted by molar-refractivity contribution is 7.91. The van der Waals surface area contributed by atoms with Gasteiger partial charge in [0, 0.05) is 12.1 Å². The second kappa shape index (κ2) is 7.09. The van der Waals surface area contributed by atoms with E-state index in [0.717, 1.165) is 24.3 Å². The van der Waals surface area contributed by atoms with Crippen LogP contribution in [0.1, 0.15) is 0 Å². The van der Waals surface area contributed by atoms with Crippen LogP contribution in [0.15, 0.2) is 75.5 Å². The summed E-state index contributed by atoms with van der Waals surface area (Å²) < 4.78 is 57.4. The van der Waals surface area contributed by atoms with E-state index in [1.807, 2.05) is 0 Å². The van der Waals surface area contributed by atoms with E-state index in [4.69, 9.17) is 4.42 Å². The average Bonchev–Trinajstić information content (AvgIpc) is 3.06. The summed E-state index contributed by atoms with van der Waals surface area (Å²) in [7, 11) is -4.05. The molecule has 0 saturated heterocycles. The van der Waals surface area contributed by atoms with E-state index in [-0.39, 0.29) is 28.2 Å². The van der Waals surface area contributed by atoms with Crippen molar-refractivity contribution in [2.75, 3.05) is 11.9 Å². The van der Waals surface area contributed by atoms with Crippen LogP contribution in [0.25, 0.3) is 11.5 Å². The monoisotopic (exact) mass is 376 g/mol. The van der Waals surface area contributed by atoms with Gasteiger partial charge in [0.2, 0.25) is 26.6 Å². The summed E-state index contributed by atoms with van der Waals surface area (Å²) in [6.45, 7) is 3.79. The highest BCUT2D eigenvalue weighted by Gasteiger charge is 2.28. The molecule has 0 spiro atoms. The van der Waals surface area contributed by atoms with Crippen LogP contribution in [0.3, 0.4) is 0 Å². The maximum absolute atomic E-state index is 13.1. The Balaban J connectivity index is 2.10. The highest BCUT2D eigenvalue weighted by atomic mass is 32.2. The molecule has 8 heteroatoms. The van der Waals surface area contributed by atoms with Crippen molar-refractivity contribution >= 4 is 15.7 Å². The molecular weight excluding hydrogens is 362 g/mol. The first-order valence-electron chi connectivity index (χ1n) is 7.54. The van der Waals surface area contributed by atoms with Crippen LogP contribution in [-0.2, 0) is 9.84 Å². The molecule has 0 bridgehead atoms. The van der Waals surface area contributed by atoms with E-state index in [9.17, 15) is 17.2 Å². The van der Waals surface area contributed by atoms with Crippen molar-refractivity contribution in [3.63, 3.8) is 0 Å². The number of anilines is 1. The largest absolute Gasteiger partial charge is 0.419 e. The van der Waals surface area contributed by atoms with E-state index in [2.05, 4.69) is 16.9 Å². The van der Waals surface area contributed by atoms with Crippen LogP contribution in [0.2, 0.25) is 0 Å². The number of hydrogen-bond donors (Lipinski definition) is 1. The third-order valence-electron chi connectivity index (χ3n) is 3.47. The molecule has 134 valence electrons. The fraction of sp³-hybridized carbons (Fsp3) is 0.0556. The maximum Gasteiger partial charge on any atom is 0.234 e. The minimum atomic E-state index is -4.05. The molecule has 1 aromatic heterocycles. The van der Waals surface area contributed by atoms with Gasteiger partial charge in [-0.3, -0.25) is 0 Å². The standard InChI is InChI=1S/C18H14F2N2O3S/c1-2-11-21-17-18(26(23,24)15-9-7-14(20)8-10-15)22-16(25-17)12-3-5-13(19)6-4-12/h2-10,21H,1,11H2. The van der Waals surface area contributed by atoms with Gasteiger partial charge < -0.3 is 9.73 Å². The van der Waals surface area contributed by atoms with Crippen molar-refractivity contribution in [2.24, 2.45) is 0 Å². The van der Waals surface area contributed by atoms with Crippen molar-refractivity contribution < 1.29 is 21.6 Å². The number of benzene rings is 2. The molecule has 0 aliphatic carbocycles. The third-order valence-corrected chi connectivity index (χ3v) is 5.15. The average molecular weight is 376 g/mol. The summed E-state index contributed by atoms with van der Waals surface area (Å²) in [5, 5.41) is 2.43. The second-order valence-electron chi connectivity index (χ2n) is 5.29. The van der Waals surface area contributed by atoms with Gasteiger partial charge in [-0.1, -0.05) is 6.08 Å². The Morgan fingerprint density at radius 1 is 1.04 bits per heavy atom. The number of hydrogen-bond acceptors (Lipinski definition) is 5. The Morgan fingerprint density at radius 3 is 2.19 bits per heavy atom. The molecule has 0 saturated carbocycles. The van der Waals surface area contributed by atoms with Gasteiger partial charge in [0.1, 0.15) is 11.6 Å². The predicted octanol–water partition coefficient (Wildman–Crippen LogP) is 4.05. The number of halogens is 2. The summed E-state index contributed by atoms with van der Waals surface area (Å²) in [6, 6.07) is 9.66. The molecule has 3 rings (SSSR count).